The van der Waals surface area contributed by atoms with E-state index in [0.717, 1.165) is 0 Å². The van der Waals surface area contributed by atoms with Crippen LogP contribution in [0.3, 0.4) is 0 Å². The first-order chi connectivity index (χ1) is 9.80. The molecule has 0 aromatic carbocycles. The Kier molecular flexibility index (Phi) is 4.43. The van der Waals surface area contributed by atoms with E-state index in [1.165, 1.54) is 13.0 Å². The molecule has 0 spiro atoms. The summed E-state index contributed by atoms with van der Waals surface area (Å²) in [6.07, 6.45) is 0.440. The smallest absolute Gasteiger partial charge is 0.224 e. The summed E-state index contributed by atoms with van der Waals surface area (Å²) in [5.74, 6) is 0.169. The highest BCUT2D eigenvalue weighted by molar-refractivity contribution is 7.56. The monoisotopic (exact) mass is 316 g/mol. The molecule has 10 nitrogen and oxygen atoms in total. The van der Waals surface area contributed by atoms with Crippen molar-refractivity contribution in [3.8, 4) is 0 Å². The molecule has 0 amide bonds. The molecule has 0 radical (unpaired) electrons. The molecule has 1 unspecified atom stereocenters. The van der Waals surface area contributed by atoms with Crippen molar-refractivity contribution in [3.05, 3.63) is 6.33 Å². The molecule has 2 atom stereocenters. The molecule has 0 aliphatic rings. The van der Waals surface area contributed by atoms with Crippen molar-refractivity contribution in [2.24, 2.45) is 0 Å². The van der Waals surface area contributed by atoms with Crippen molar-refractivity contribution < 1.29 is 19.3 Å². The first-order valence-corrected chi connectivity index (χ1v) is 8.35. The van der Waals surface area contributed by atoms with E-state index < -0.39 is 13.5 Å². The lowest BCUT2D eigenvalue weighted by Crippen LogP contribution is -2.24. The molecule has 2 aromatic heterocycles. The van der Waals surface area contributed by atoms with Crippen LogP contribution < -0.4 is 11.5 Å². The number of nitrogen functional groups attached to an aromatic ring is 2. The summed E-state index contributed by atoms with van der Waals surface area (Å²) in [4.78, 5) is 21.1. The number of aliphatic hydroxyl groups excluding tert-OH is 1. The standard InChI is InChI=1S/C10H17N6O4P/c1-21(18,19)5-20-6(3-17)2-16-4-13-7-8(11)14-10(12)15-9(7)16/h4,6,17H,2-3,5H2,1H3,(H,18,19)(H4,11,12,14,15)/t6-/m0/s1. The first-order valence-electron chi connectivity index (χ1n) is 6.05. The lowest BCUT2D eigenvalue weighted by molar-refractivity contribution is 0.0239. The summed E-state index contributed by atoms with van der Waals surface area (Å²) >= 11 is 0. The minimum absolute atomic E-state index is 0.0108. The number of aromatic nitrogens is 4. The van der Waals surface area contributed by atoms with Crippen LogP contribution in [0, 0.1) is 0 Å². The van der Waals surface area contributed by atoms with E-state index in [1.54, 1.807) is 4.57 Å². The fourth-order valence-corrected chi connectivity index (χ4v) is 2.23. The zero-order valence-electron chi connectivity index (χ0n) is 11.4. The van der Waals surface area contributed by atoms with Crippen LogP contribution in [0.1, 0.15) is 0 Å². The molecule has 0 bridgehead atoms. The lowest BCUT2D eigenvalue weighted by atomic mass is 10.3. The highest BCUT2D eigenvalue weighted by Gasteiger charge is 2.18. The molecule has 116 valence electrons. The molecule has 11 heteroatoms. The molecule has 0 saturated heterocycles. The van der Waals surface area contributed by atoms with E-state index in [4.69, 9.17) is 16.2 Å². The molecular weight excluding hydrogens is 299 g/mol. The average molecular weight is 316 g/mol. The SMILES string of the molecule is CP(=O)(O)CO[C@H](CO)Cn1cnc2c(N)nc(N)nc21. The Morgan fingerprint density at radius 2 is 2.19 bits per heavy atom. The van der Waals surface area contributed by atoms with Gasteiger partial charge in [0.25, 0.3) is 0 Å². The Labute approximate surface area is 120 Å². The molecule has 2 heterocycles. The molecule has 2 rings (SSSR count). The summed E-state index contributed by atoms with van der Waals surface area (Å²) in [6, 6.07) is 0. The number of ether oxygens (including phenoxy) is 1. The van der Waals surface area contributed by atoms with Gasteiger partial charge in [-0.15, -0.1) is 0 Å². The van der Waals surface area contributed by atoms with E-state index in [9.17, 15) is 14.6 Å². The molecule has 6 N–H and O–H groups in total. The number of hydrogen-bond donors (Lipinski definition) is 4. The van der Waals surface area contributed by atoms with Crippen molar-refractivity contribution in [2.75, 3.05) is 31.1 Å². The molecule has 0 fully saturated rings. The summed E-state index contributed by atoms with van der Waals surface area (Å²) in [7, 11) is -3.31. The number of nitrogens with zero attached hydrogens (tertiary/aromatic N) is 4. The number of fused-ring (bicyclic) bond motifs is 1. The predicted molar refractivity (Wildman–Crippen MR) is 76.7 cm³/mol. The van der Waals surface area contributed by atoms with Crippen molar-refractivity contribution in [1.82, 2.24) is 19.5 Å². The summed E-state index contributed by atoms with van der Waals surface area (Å²) in [6.45, 7) is 1.04. The minimum atomic E-state index is -3.31. The van der Waals surface area contributed by atoms with Gasteiger partial charge in [-0.05, 0) is 0 Å². The predicted octanol–water partition coefficient (Wildman–Crippen LogP) is -0.774. The van der Waals surface area contributed by atoms with Crippen LogP contribution in [0.25, 0.3) is 11.2 Å². The molecule has 21 heavy (non-hydrogen) atoms. The van der Waals surface area contributed by atoms with Gasteiger partial charge in [0.15, 0.2) is 11.5 Å². The van der Waals surface area contributed by atoms with Gasteiger partial charge in [-0.25, -0.2) is 4.98 Å². The van der Waals surface area contributed by atoms with Crippen LogP contribution in [0.5, 0.6) is 0 Å². The van der Waals surface area contributed by atoms with Crippen molar-refractivity contribution in [2.45, 2.75) is 12.6 Å². The Morgan fingerprint density at radius 3 is 2.81 bits per heavy atom. The van der Waals surface area contributed by atoms with E-state index >= 15 is 0 Å². The largest absolute Gasteiger partial charge is 0.394 e. The normalized spacial score (nSPS) is 16.0. The Morgan fingerprint density at radius 1 is 1.48 bits per heavy atom. The third-order valence-electron chi connectivity index (χ3n) is 2.66. The lowest BCUT2D eigenvalue weighted by Gasteiger charge is -2.17. The van der Waals surface area contributed by atoms with E-state index in [2.05, 4.69) is 15.0 Å². The van der Waals surface area contributed by atoms with Crippen LogP contribution >= 0.6 is 7.37 Å². The van der Waals surface area contributed by atoms with Gasteiger partial charge in [0.1, 0.15) is 11.9 Å². The van der Waals surface area contributed by atoms with Gasteiger partial charge in [-0.2, -0.15) is 9.97 Å². The van der Waals surface area contributed by atoms with Crippen LogP contribution in [0.4, 0.5) is 11.8 Å². The molecule has 2 aromatic rings. The van der Waals surface area contributed by atoms with Crippen molar-refractivity contribution >= 4 is 30.3 Å². The van der Waals surface area contributed by atoms with Crippen molar-refractivity contribution in [1.29, 1.82) is 0 Å². The van der Waals surface area contributed by atoms with Gasteiger partial charge in [0, 0.05) is 6.66 Å². The van der Waals surface area contributed by atoms with Crippen LogP contribution in [-0.4, -0.2) is 55.2 Å². The molecule has 0 aliphatic heterocycles. The Bertz CT molecular complexity index is 683. The highest BCUT2D eigenvalue weighted by Crippen LogP contribution is 2.35. The molecule has 0 aliphatic carbocycles. The fourth-order valence-electron chi connectivity index (χ4n) is 1.74. The maximum Gasteiger partial charge on any atom is 0.224 e. The van der Waals surface area contributed by atoms with Gasteiger partial charge in [-0.1, -0.05) is 0 Å². The topological polar surface area (TPSA) is 162 Å². The Hall–Kier alpha value is -1.74. The number of nitrogens with two attached hydrogens (primary N) is 2. The quantitative estimate of drug-likeness (QED) is 0.501. The van der Waals surface area contributed by atoms with Gasteiger partial charge in [-0.3, -0.25) is 4.57 Å². The first kappa shape index (κ1) is 15.6. The Balaban J connectivity index is 2.20. The maximum absolute atomic E-state index is 11.2. The number of rotatable bonds is 6. The van der Waals surface area contributed by atoms with Crippen LogP contribution in [-0.2, 0) is 15.8 Å². The molecular formula is C10H17N6O4P. The van der Waals surface area contributed by atoms with Gasteiger partial charge >= 0.3 is 0 Å². The summed E-state index contributed by atoms with van der Waals surface area (Å²) in [5.41, 5.74) is 12.0. The number of imidazole rings is 1. The van der Waals surface area contributed by atoms with E-state index in [-0.39, 0.29) is 31.3 Å². The second-order valence-corrected chi connectivity index (χ2v) is 7.05. The zero-order chi connectivity index (χ0) is 15.6. The summed E-state index contributed by atoms with van der Waals surface area (Å²) < 4.78 is 18.0. The van der Waals surface area contributed by atoms with E-state index in [0.29, 0.717) is 11.2 Å². The molecule has 0 saturated carbocycles. The third-order valence-corrected chi connectivity index (χ3v) is 3.29. The second kappa shape index (κ2) is 5.94. The fraction of sp³-hybridized carbons (Fsp3) is 0.500. The van der Waals surface area contributed by atoms with Gasteiger partial charge < -0.3 is 30.8 Å². The van der Waals surface area contributed by atoms with Gasteiger partial charge in [0.05, 0.1) is 25.6 Å². The number of aliphatic hydroxyl groups is 1. The number of anilines is 2. The van der Waals surface area contributed by atoms with E-state index in [1.807, 2.05) is 0 Å². The summed E-state index contributed by atoms with van der Waals surface area (Å²) in [5, 5.41) is 9.29. The van der Waals surface area contributed by atoms with Crippen LogP contribution in [0.15, 0.2) is 6.33 Å². The maximum atomic E-state index is 11.2. The third kappa shape index (κ3) is 3.88. The number of hydrogen-bond acceptors (Lipinski definition) is 8. The second-order valence-electron chi connectivity index (χ2n) is 4.69. The van der Waals surface area contributed by atoms with Crippen molar-refractivity contribution in [3.63, 3.8) is 0 Å². The average Bonchev–Trinajstić information content (AvgIpc) is 2.76. The van der Waals surface area contributed by atoms with Gasteiger partial charge in [0.2, 0.25) is 13.3 Å². The highest BCUT2D eigenvalue weighted by atomic mass is 31.2. The minimum Gasteiger partial charge on any atom is -0.394 e. The zero-order valence-corrected chi connectivity index (χ0v) is 12.3. The van der Waals surface area contributed by atoms with Crippen LogP contribution in [0.2, 0.25) is 0 Å².